The minimum atomic E-state index is 0.345. The Labute approximate surface area is 130 Å². The first-order valence-corrected chi connectivity index (χ1v) is 7.59. The van der Waals surface area contributed by atoms with Crippen molar-refractivity contribution in [2.24, 2.45) is 7.05 Å². The number of rotatable bonds is 3. The molecule has 2 N–H and O–H groups in total. The Morgan fingerprint density at radius 3 is 2.77 bits per heavy atom. The van der Waals surface area contributed by atoms with Crippen molar-refractivity contribution in [1.29, 1.82) is 0 Å². The van der Waals surface area contributed by atoms with Gasteiger partial charge in [-0.1, -0.05) is 0 Å². The quantitative estimate of drug-likeness (QED) is 0.904. The third-order valence-corrected chi connectivity index (χ3v) is 4.21. The van der Waals surface area contributed by atoms with Crippen LogP contribution in [0.1, 0.15) is 18.4 Å². The molecule has 0 saturated carbocycles. The summed E-state index contributed by atoms with van der Waals surface area (Å²) in [6, 6.07) is 2.43. The van der Waals surface area contributed by atoms with Gasteiger partial charge >= 0.3 is 0 Å². The highest BCUT2D eigenvalue weighted by atomic mass is 15.3. The van der Waals surface area contributed by atoms with Crippen molar-refractivity contribution in [2.75, 3.05) is 30.3 Å². The molecule has 0 aliphatic carbocycles. The molecule has 1 atom stereocenters. The second-order valence-corrected chi connectivity index (χ2v) is 5.95. The van der Waals surface area contributed by atoms with Crippen LogP contribution in [0.15, 0.2) is 18.5 Å². The van der Waals surface area contributed by atoms with Crippen LogP contribution in [0.5, 0.6) is 0 Å². The lowest BCUT2D eigenvalue weighted by atomic mass is 10.2. The van der Waals surface area contributed by atoms with Gasteiger partial charge in [0, 0.05) is 56.9 Å². The fraction of sp³-hybridized carbons (Fsp3) is 0.533. The molecule has 1 aliphatic heterocycles. The predicted octanol–water partition coefficient (Wildman–Crippen LogP) is 0.811. The third-order valence-electron chi connectivity index (χ3n) is 4.21. The lowest BCUT2D eigenvalue weighted by Crippen LogP contribution is -2.52. The summed E-state index contributed by atoms with van der Waals surface area (Å²) in [5.41, 5.74) is 6.67. The second-order valence-electron chi connectivity index (χ2n) is 5.95. The van der Waals surface area contributed by atoms with Gasteiger partial charge < -0.3 is 15.2 Å². The summed E-state index contributed by atoms with van der Waals surface area (Å²) in [6.07, 6.45) is 3.84. The summed E-state index contributed by atoms with van der Waals surface area (Å²) in [5.74, 6) is 2.37. The molecule has 3 heterocycles. The van der Waals surface area contributed by atoms with Crippen LogP contribution in [0.3, 0.4) is 0 Å². The molecular formula is C15H23N7. The lowest BCUT2D eigenvalue weighted by molar-refractivity contribution is 0.174. The zero-order valence-electron chi connectivity index (χ0n) is 13.4. The highest BCUT2D eigenvalue weighted by molar-refractivity contribution is 5.44. The third kappa shape index (κ3) is 3.04. The van der Waals surface area contributed by atoms with Crippen LogP contribution in [0.4, 0.5) is 11.8 Å². The Morgan fingerprint density at radius 1 is 1.32 bits per heavy atom. The first kappa shape index (κ1) is 14.8. The lowest BCUT2D eigenvalue weighted by Gasteiger charge is -2.40. The molecule has 1 saturated heterocycles. The number of imidazole rings is 1. The average molecular weight is 301 g/mol. The van der Waals surface area contributed by atoms with Crippen molar-refractivity contribution in [3.63, 3.8) is 0 Å². The van der Waals surface area contributed by atoms with E-state index in [0.29, 0.717) is 12.0 Å². The number of anilines is 2. The summed E-state index contributed by atoms with van der Waals surface area (Å²) >= 11 is 0. The standard InChI is InChI=1S/C15H23N7/c1-11-8-13(19-15(16)18-11)22-7-6-21(12(2)9-22)10-14-17-4-5-20(14)3/h4-5,8,12H,6-7,9-10H2,1-3H3,(H2,16,18,19)/t12-/m0/s1. The Kier molecular flexibility index (Phi) is 3.98. The Hall–Kier alpha value is -2.15. The normalized spacial score (nSPS) is 19.6. The number of hydrogen-bond acceptors (Lipinski definition) is 6. The van der Waals surface area contributed by atoms with Crippen LogP contribution in [-0.4, -0.2) is 50.1 Å². The van der Waals surface area contributed by atoms with Crippen molar-refractivity contribution < 1.29 is 0 Å². The van der Waals surface area contributed by atoms with E-state index < -0.39 is 0 Å². The second kappa shape index (κ2) is 5.92. The molecule has 7 nitrogen and oxygen atoms in total. The number of piperazine rings is 1. The molecule has 0 bridgehead atoms. The molecule has 7 heteroatoms. The molecule has 2 aromatic rings. The molecular weight excluding hydrogens is 278 g/mol. The minimum Gasteiger partial charge on any atom is -0.368 e. The van der Waals surface area contributed by atoms with E-state index in [4.69, 9.17) is 5.73 Å². The zero-order valence-corrected chi connectivity index (χ0v) is 13.4. The van der Waals surface area contributed by atoms with E-state index in [-0.39, 0.29) is 0 Å². The van der Waals surface area contributed by atoms with Gasteiger partial charge in [0.1, 0.15) is 11.6 Å². The number of nitrogens with zero attached hydrogens (tertiary/aromatic N) is 6. The maximum atomic E-state index is 5.76. The van der Waals surface area contributed by atoms with E-state index >= 15 is 0 Å². The SMILES string of the molecule is Cc1cc(N2CCN(Cc3nccn3C)[C@@H](C)C2)nc(N)n1. The molecule has 0 spiro atoms. The largest absolute Gasteiger partial charge is 0.368 e. The Bertz CT molecular complexity index is 631. The fourth-order valence-electron chi connectivity index (χ4n) is 2.91. The molecule has 2 aromatic heterocycles. The topological polar surface area (TPSA) is 76.1 Å². The number of aryl methyl sites for hydroxylation is 2. The fourth-order valence-corrected chi connectivity index (χ4v) is 2.91. The molecule has 3 rings (SSSR count). The summed E-state index contributed by atoms with van der Waals surface area (Å²) in [4.78, 5) is 17.7. The van der Waals surface area contributed by atoms with Gasteiger partial charge in [-0.15, -0.1) is 0 Å². The van der Waals surface area contributed by atoms with Gasteiger partial charge in [-0.25, -0.2) is 9.97 Å². The van der Waals surface area contributed by atoms with Gasteiger partial charge in [-0.3, -0.25) is 4.90 Å². The molecule has 1 fully saturated rings. The molecule has 0 amide bonds. The number of nitrogens with two attached hydrogens (primary N) is 1. The van der Waals surface area contributed by atoms with Crippen molar-refractivity contribution >= 4 is 11.8 Å². The van der Waals surface area contributed by atoms with Crippen LogP contribution >= 0.6 is 0 Å². The van der Waals surface area contributed by atoms with Gasteiger partial charge in [0.25, 0.3) is 0 Å². The van der Waals surface area contributed by atoms with Gasteiger partial charge in [-0.05, 0) is 13.8 Å². The van der Waals surface area contributed by atoms with E-state index in [1.54, 1.807) is 0 Å². The Balaban J connectivity index is 1.68. The molecule has 22 heavy (non-hydrogen) atoms. The summed E-state index contributed by atoms with van der Waals surface area (Å²) in [6.45, 7) is 7.92. The van der Waals surface area contributed by atoms with E-state index in [0.717, 1.165) is 43.5 Å². The number of aromatic nitrogens is 4. The summed E-state index contributed by atoms with van der Waals surface area (Å²) in [5, 5.41) is 0. The molecule has 0 radical (unpaired) electrons. The van der Waals surface area contributed by atoms with Crippen LogP contribution < -0.4 is 10.6 Å². The van der Waals surface area contributed by atoms with Gasteiger partial charge in [0.15, 0.2) is 0 Å². The number of hydrogen-bond donors (Lipinski definition) is 1. The zero-order chi connectivity index (χ0) is 15.7. The van der Waals surface area contributed by atoms with Gasteiger partial charge in [0.2, 0.25) is 5.95 Å². The summed E-state index contributed by atoms with van der Waals surface area (Å²) < 4.78 is 2.08. The maximum Gasteiger partial charge on any atom is 0.222 e. The van der Waals surface area contributed by atoms with E-state index in [2.05, 4.69) is 36.2 Å². The highest BCUT2D eigenvalue weighted by Crippen LogP contribution is 2.19. The smallest absolute Gasteiger partial charge is 0.222 e. The summed E-state index contributed by atoms with van der Waals surface area (Å²) in [7, 11) is 2.04. The highest BCUT2D eigenvalue weighted by Gasteiger charge is 2.25. The van der Waals surface area contributed by atoms with Crippen molar-refractivity contribution in [2.45, 2.75) is 26.4 Å². The maximum absolute atomic E-state index is 5.76. The molecule has 0 unspecified atom stereocenters. The molecule has 1 aliphatic rings. The van der Waals surface area contributed by atoms with Gasteiger partial charge in [0.05, 0.1) is 6.54 Å². The van der Waals surface area contributed by atoms with Crippen LogP contribution in [0.25, 0.3) is 0 Å². The van der Waals surface area contributed by atoms with Crippen molar-refractivity contribution in [1.82, 2.24) is 24.4 Å². The van der Waals surface area contributed by atoms with Gasteiger partial charge in [-0.2, -0.15) is 4.98 Å². The minimum absolute atomic E-state index is 0.345. The Morgan fingerprint density at radius 2 is 2.14 bits per heavy atom. The van der Waals surface area contributed by atoms with E-state index in [9.17, 15) is 0 Å². The average Bonchev–Trinajstić information content (AvgIpc) is 2.85. The van der Waals surface area contributed by atoms with Crippen molar-refractivity contribution in [3.8, 4) is 0 Å². The van der Waals surface area contributed by atoms with Crippen LogP contribution in [-0.2, 0) is 13.6 Å². The first-order valence-electron chi connectivity index (χ1n) is 7.59. The van der Waals surface area contributed by atoms with Crippen molar-refractivity contribution in [3.05, 3.63) is 30.0 Å². The molecule has 118 valence electrons. The molecule has 0 aromatic carbocycles. The van der Waals surface area contributed by atoms with Crippen LogP contribution in [0.2, 0.25) is 0 Å². The monoisotopic (exact) mass is 301 g/mol. The number of nitrogen functional groups attached to an aromatic ring is 1. The van der Waals surface area contributed by atoms with Crippen LogP contribution in [0, 0.1) is 6.92 Å². The predicted molar refractivity (Wildman–Crippen MR) is 86.5 cm³/mol. The van der Waals surface area contributed by atoms with E-state index in [1.807, 2.05) is 32.4 Å². The first-order chi connectivity index (χ1) is 10.5. The van der Waals surface area contributed by atoms with E-state index in [1.165, 1.54) is 0 Å².